The van der Waals surface area contributed by atoms with Crippen LogP contribution in [0.3, 0.4) is 0 Å². The van der Waals surface area contributed by atoms with Crippen molar-refractivity contribution in [1.29, 1.82) is 0 Å². The minimum Gasteiger partial charge on any atom is -0.481 e. The van der Waals surface area contributed by atoms with E-state index in [-0.39, 0.29) is 12.2 Å². The number of halogens is 2. The van der Waals surface area contributed by atoms with E-state index in [0.29, 0.717) is 23.1 Å². The number of hydrogen-bond acceptors (Lipinski definition) is 2. The monoisotopic (exact) mass is 303 g/mol. The number of carbonyl (C=O) groups is 1. The van der Waals surface area contributed by atoms with E-state index in [4.69, 9.17) is 5.11 Å². The average Bonchev–Trinajstić information content (AvgIpc) is 2.25. The summed E-state index contributed by atoms with van der Waals surface area (Å²) in [4.78, 5) is 10.3. The van der Waals surface area contributed by atoms with Crippen LogP contribution >= 0.6 is 15.9 Å². The van der Waals surface area contributed by atoms with E-state index in [0.717, 1.165) is 12.8 Å². The Balaban J connectivity index is 2.20. The lowest BCUT2D eigenvalue weighted by molar-refractivity contribution is -0.137. The Morgan fingerprint density at radius 3 is 2.76 bits per heavy atom. The molecule has 0 aliphatic carbocycles. The largest absolute Gasteiger partial charge is 0.481 e. The predicted molar refractivity (Wildman–Crippen MR) is 68.7 cm³/mol. The van der Waals surface area contributed by atoms with Gasteiger partial charge in [0.05, 0.1) is 5.69 Å². The van der Waals surface area contributed by atoms with Crippen molar-refractivity contribution in [3.05, 3.63) is 28.5 Å². The summed E-state index contributed by atoms with van der Waals surface area (Å²) < 4.78 is 14.1. The lowest BCUT2D eigenvalue weighted by atomic mass is 10.2. The normalized spacial score (nSPS) is 10.2. The van der Waals surface area contributed by atoms with E-state index in [1.54, 1.807) is 12.1 Å². The first-order valence-corrected chi connectivity index (χ1v) is 6.29. The second-order valence-electron chi connectivity index (χ2n) is 3.76. The summed E-state index contributed by atoms with van der Waals surface area (Å²) in [7, 11) is 0. The van der Waals surface area contributed by atoms with Crippen LogP contribution in [0.25, 0.3) is 0 Å². The molecule has 0 fully saturated rings. The summed E-state index contributed by atoms with van der Waals surface area (Å²) in [5, 5.41) is 11.4. The highest BCUT2D eigenvalue weighted by molar-refractivity contribution is 9.10. The van der Waals surface area contributed by atoms with Crippen LogP contribution in [0.5, 0.6) is 0 Å². The van der Waals surface area contributed by atoms with Gasteiger partial charge in [0.15, 0.2) is 0 Å². The van der Waals surface area contributed by atoms with Crippen molar-refractivity contribution < 1.29 is 14.3 Å². The molecule has 0 aliphatic heterocycles. The van der Waals surface area contributed by atoms with Crippen LogP contribution < -0.4 is 5.32 Å². The number of carboxylic acid groups (broad SMARTS) is 1. The van der Waals surface area contributed by atoms with Gasteiger partial charge in [-0.05, 0) is 31.0 Å². The number of hydrogen-bond donors (Lipinski definition) is 2. The van der Waals surface area contributed by atoms with E-state index in [1.807, 2.05) is 0 Å². The van der Waals surface area contributed by atoms with E-state index >= 15 is 0 Å². The van der Waals surface area contributed by atoms with E-state index in [2.05, 4.69) is 21.2 Å². The average molecular weight is 304 g/mol. The highest BCUT2D eigenvalue weighted by atomic mass is 79.9. The van der Waals surface area contributed by atoms with E-state index in [9.17, 15) is 9.18 Å². The van der Waals surface area contributed by atoms with Crippen molar-refractivity contribution in [1.82, 2.24) is 0 Å². The number of unbranched alkanes of at least 4 members (excludes halogenated alkanes) is 2. The third kappa shape index (κ3) is 5.68. The van der Waals surface area contributed by atoms with Crippen LogP contribution in [0.15, 0.2) is 22.7 Å². The van der Waals surface area contributed by atoms with Gasteiger partial charge in [-0.1, -0.05) is 22.4 Å². The topological polar surface area (TPSA) is 49.3 Å². The summed E-state index contributed by atoms with van der Waals surface area (Å²) in [6.45, 7) is 0.651. The molecule has 0 atom stereocenters. The molecule has 0 radical (unpaired) electrons. The zero-order chi connectivity index (χ0) is 12.7. The van der Waals surface area contributed by atoms with Crippen LogP contribution in [0.2, 0.25) is 0 Å². The van der Waals surface area contributed by atoms with Crippen molar-refractivity contribution in [2.24, 2.45) is 0 Å². The molecule has 0 aliphatic rings. The fourth-order valence-electron chi connectivity index (χ4n) is 1.43. The standard InChI is InChI=1S/C12H15BrFNO2/c13-9-5-6-11(10(14)8-9)15-7-3-1-2-4-12(16)17/h5-6,8,15H,1-4,7H2,(H,16,17). The molecule has 5 heteroatoms. The molecule has 0 amide bonds. The van der Waals surface area contributed by atoms with Gasteiger partial charge in [-0.15, -0.1) is 0 Å². The van der Waals surface area contributed by atoms with Crippen molar-refractivity contribution in [2.45, 2.75) is 25.7 Å². The van der Waals surface area contributed by atoms with Gasteiger partial charge in [-0.25, -0.2) is 4.39 Å². The van der Waals surface area contributed by atoms with E-state index in [1.165, 1.54) is 6.07 Å². The van der Waals surface area contributed by atoms with E-state index < -0.39 is 5.97 Å². The fourth-order valence-corrected chi connectivity index (χ4v) is 1.77. The molecule has 0 heterocycles. The zero-order valence-electron chi connectivity index (χ0n) is 9.38. The molecule has 0 bridgehead atoms. The SMILES string of the molecule is O=C(O)CCCCCNc1ccc(Br)cc1F. The molecule has 1 aromatic rings. The minimum absolute atomic E-state index is 0.201. The van der Waals surface area contributed by atoms with Crippen LogP contribution in [0, 0.1) is 5.82 Å². The van der Waals surface area contributed by atoms with Gasteiger partial charge in [-0.2, -0.15) is 0 Å². The molecule has 3 nitrogen and oxygen atoms in total. The Kier molecular flexibility index (Phi) is 5.97. The van der Waals surface area contributed by atoms with Gasteiger partial charge >= 0.3 is 5.97 Å². The highest BCUT2D eigenvalue weighted by Gasteiger charge is 2.01. The first kappa shape index (κ1) is 14.0. The first-order chi connectivity index (χ1) is 8.09. The summed E-state index contributed by atoms with van der Waals surface area (Å²) in [5.41, 5.74) is 0.478. The Hall–Kier alpha value is -1.10. The number of nitrogens with one attached hydrogen (secondary N) is 1. The molecule has 0 aromatic heterocycles. The summed E-state index contributed by atoms with van der Waals surface area (Å²) in [6.07, 6.45) is 2.53. The molecule has 2 N–H and O–H groups in total. The second-order valence-corrected chi connectivity index (χ2v) is 4.67. The quantitative estimate of drug-likeness (QED) is 0.756. The minimum atomic E-state index is -0.767. The highest BCUT2D eigenvalue weighted by Crippen LogP contribution is 2.19. The molecular formula is C12H15BrFNO2. The Labute approximate surface area is 108 Å². The summed E-state index contributed by atoms with van der Waals surface area (Å²) in [6, 6.07) is 4.86. The lowest BCUT2D eigenvalue weighted by Crippen LogP contribution is -2.03. The maximum absolute atomic E-state index is 13.4. The summed E-state index contributed by atoms with van der Waals surface area (Å²) in [5.74, 6) is -1.05. The molecule has 0 unspecified atom stereocenters. The second kappa shape index (κ2) is 7.27. The summed E-state index contributed by atoms with van der Waals surface area (Å²) >= 11 is 3.19. The molecule has 17 heavy (non-hydrogen) atoms. The van der Waals surface area contributed by atoms with Gasteiger partial charge in [0.25, 0.3) is 0 Å². The molecule has 0 saturated heterocycles. The number of benzene rings is 1. The van der Waals surface area contributed by atoms with Gasteiger partial charge < -0.3 is 10.4 Å². The van der Waals surface area contributed by atoms with Gasteiger partial charge in [0.2, 0.25) is 0 Å². The molecule has 0 saturated carbocycles. The van der Waals surface area contributed by atoms with Crippen LogP contribution in [-0.4, -0.2) is 17.6 Å². The molecule has 1 aromatic carbocycles. The van der Waals surface area contributed by atoms with Crippen molar-refractivity contribution in [3.63, 3.8) is 0 Å². The molecule has 0 spiro atoms. The van der Waals surface area contributed by atoms with Gasteiger partial charge in [0, 0.05) is 17.4 Å². The van der Waals surface area contributed by atoms with Crippen molar-refractivity contribution >= 4 is 27.6 Å². The zero-order valence-corrected chi connectivity index (χ0v) is 11.0. The van der Waals surface area contributed by atoms with Crippen molar-refractivity contribution in [2.75, 3.05) is 11.9 Å². The molecule has 94 valence electrons. The predicted octanol–water partition coefficient (Wildman–Crippen LogP) is 3.65. The van der Waals surface area contributed by atoms with Gasteiger partial charge in [0.1, 0.15) is 5.82 Å². The fraction of sp³-hybridized carbons (Fsp3) is 0.417. The number of carboxylic acids is 1. The number of aliphatic carboxylic acids is 1. The van der Waals surface area contributed by atoms with Crippen LogP contribution in [0.4, 0.5) is 10.1 Å². The Morgan fingerprint density at radius 1 is 1.35 bits per heavy atom. The third-order valence-electron chi connectivity index (χ3n) is 2.31. The van der Waals surface area contributed by atoms with Crippen molar-refractivity contribution in [3.8, 4) is 0 Å². The number of anilines is 1. The first-order valence-electron chi connectivity index (χ1n) is 5.50. The molecule has 1 rings (SSSR count). The maximum atomic E-state index is 13.4. The van der Waals surface area contributed by atoms with Gasteiger partial charge in [-0.3, -0.25) is 4.79 Å². The van der Waals surface area contributed by atoms with Crippen LogP contribution in [-0.2, 0) is 4.79 Å². The maximum Gasteiger partial charge on any atom is 0.303 e. The Morgan fingerprint density at radius 2 is 2.12 bits per heavy atom. The number of rotatable bonds is 7. The lowest BCUT2D eigenvalue weighted by Gasteiger charge is -2.07. The smallest absolute Gasteiger partial charge is 0.303 e. The molecular weight excluding hydrogens is 289 g/mol. The van der Waals surface area contributed by atoms with Crippen LogP contribution in [0.1, 0.15) is 25.7 Å². The Bertz CT molecular complexity index is 385. The third-order valence-corrected chi connectivity index (χ3v) is 2.81.